The fourth-order valence-corrected chi connectivity index (χ4v) is 1.93. The summed E-state index contributed by atoms with van der Waals surface area (Å²) in [7, 11) is 0. The molecule has 2 aromatic rings. The molecule has 7 heteroatoms. The van der Waals surface area contributed by atoms with Crippen molar-refractivity contribution >= 4 is 17.5 Å². The number of aromatic amines is 1. The largest absolute Gasteiger partial charge is 0.347 e. The summed E-state index contributed by atoms with van der Waals surface area (Å²) in [5, 5.41) is 15.3. The number of rotatable bonds is 5. The third kappa shape index (κ3) is 3.44. The summed E-state index contributed by atoms with van der Waals surface area (Å²) in [6, 6.07) is 7.42. The molecule has 1 aliphatic rings. The molecular formula is C14H15N5O2. The number of hydrogen-bond acceptors (Lipinski definition) is 4. The molecule has 0 radical (unpaired) electrons. The predicted molar refractivity (Wildman–Crippen MR) is 75.3 cm³/mol. The topological polar surface area (TPSA) is 99.8 Å². The number of carbonyl (C=O) groups excluding carboxylic acids is 2. The molecule has 1 saturated carbocycles. The van der Waals surface area contributed by atoms with E-state index in [1.165, 1.54) is 6.20 Å². The van der Waals surface area contributed by atoms with Crippen molar-refractivity contribution in [3.63, 3.8) is 0 Å². The maximum absolute atomic E-state index is 11.7. The Labute approximate surface area is 121 Å². The molecule has 108 valence electrons. The number of hydrogen-bond donors (Lipinski definition) is 3. The summed E-state index contributed by atoms with van der Waals surface area (Å²) in [4.78, 5) is 23.4. The van der Waals surface area contributed by atoms with E-state index in [9.17, 15) is 9.59 Å². The van der Waals surface area contributed by atoms with Gasteiger partial charge in [-0.2, -0.15) is 15.4 Å². The van der Waals surface area contributed by atoms with Gasteiger partial charge in [0.25, 0.3) is 5.91 Å². The summed E-state index contributed by atoms with van der Waals surface area (Å²) in [6.45, 7) is 0.360. The molecule has 0 aliphatic heterocycles. The SMILES string of the molecule is O=C(NCc1cccc(NC(=O)C2CC2)c1)c1cn[nH]n1. The summed E-state index contributed by atoms with van der Waals surface area (Å²) in [5.41, 5.74) is 1.90. The molecule has 0 saturated heterocycles. The highest BCUT2D eigenvalue weighted by Gasteiger charge is 2.29. The zero-order valence-corrected chi connectivity index (χ0v) is 11.3. The minimum atomic E-state index is -0.295. The van der Waals surface area contributed by atoms with E-state index in [2.05, 4.69) is 26.0 Å². The Hall–Kier alpha value is -2.70. The van der Waals surface area contributed by atoms with Crippen molar-refractivity contribution in [2.45, 2.75) is 19.4 Å². The minimum Gasteiger partial charge on any atom is -0.347 e. The van der Waals surface area contributed by atoms with Crippen molar-refractivity contribution in [3.8, 4) is 0 Å². The number of amides is 2. The molecule has 0 bridgehead atoms. The predicted octanol–water partition coefficient (Wildman–Crippen LogP) is 1.08. The lowest BCUT2D eigenvalue weighted by molar-refractivity contribution is -0.117. The Kier molecular flexibility index (Phi) is 3.63. The molecule has 1 aromatic heterocycles. The number of nitrogens with zero attached hydrogens (tertiary/aromatic N) is 2. The fourth-order valence-electron chi connectivity index (χ4n) is 1.93. The molecule has 3 N–H and O–H groups in total. The summed E-state index contributed by atoms with van der Waals surface area (Å²) >= 11 is 0. The quantitative estimate of drug-likeness (QED) is 0.765. The summed E-state index contributed by atoms with van der Waals surface area (Å²) < 4.78 is 0. The number of aromatic nitrogens is 3. The minimum absolute atomic E-state index is 0.0683. The maximum Gasteiger partial charge on any atom is 0.273 e. The highest BCUT2D eigenvalue weighted by molar-refractivity contribution is 5.94. The Morgan fingerprint density at radius 3 is 2.90 bits per heavy atom. The van der Waals surface area contributed by atoms with Gasteiger partial charge in [-0.3, -0.25) is 9.59 Å². The number of carbonyl (C=O) groups is 2. The van der Waals surface area contributed by atoms with Gasteiger partial charge in [-0.15, -0.1) is 0 Å². The molecule has 1 heterocycles. The molecule has 3 rings (SSSR count). The zero-order chi connectivity index (χ0) is 14.7. The first-order valence-electron chi connectivity index (χ1n) is 6.76. The van der Waals surface area contributed by atoms with Crippen LogP contribution in [0.15, 0.2) is 30.5 Å². The second-order valence-corrected chi connectivity index (χ2v) is 5.00. The third-order valence-corrected chi connectivity index (χ3v) is 3.24. The van der Waals surface area contributed by atoms with Crippen LogP contribution in [0.4, 0.5) is 5.69 Å². The number of benzene rings is 1. The van der Waals surface area contributed by atoms with Crippen LogP contribution in [-0.2, 0) is 11.3 Å². The zero-order valence-electron chi connectivity index (χ0n) is 11.3. The Morgan fingerprint density at radius 2 is 2.19 bits per heavy atom. The van der Waals surface area contributed by atoms with Crippen molar-refractivity contribution in [2.75, 3.05) is 5.32 Å². The van der Waals surface area contributed by atoms with Crippen LogP contribution >= 0.6 is 0 Å². The molecule has 0 spiro atoms. The van der Waals surface area contributed by atoms with Gasteiger partial charge >= 0.3 is 0 Å². The highest BCUT2D eigenvalue weighted by Crippen LogP contribution is 2.30. The van der Waals surface area contributed by atoms with Gasteiger partial charge in [-0.1, -0.05) is 12.1 Å². The third-order valence-electron chi connectivity index (χ3n) is 3.24. The van der Waals surface area contributed by atoms with Crippen LogP contribution in [0.2, 0.25) is 0 Å². The van der Waals surface area contributed by atoms with Crippen LogP contribution in [0.3, 0.4) is 0 Å². The van der Waals surface area contributed by atoms with E-state index in [0.29, 0.717) is 6.54 Å². The Bertz CT molecular complexity index is 649. The van der Waals surface area contributed by atoms with Gasteiger partial charge in [0.1, 0.15) is 0 Å². The van der Waals surface area contributed by atoms with E-state index >= 15 is 0 Å². The molecule has 7 nitrogen and oxygen atoms in total. The van der Waals surface area contributed by atoms with Crippen molar-refractivity contribution in [1.82, 2.24) is 20.7 Å². The lowest BCUT2D eigenvalue weighted by atomic mass is 10.2. The van der Waals surface area contributed by atoms with E-state index in [4.69, 9.17) is 0 Å². The average molecular weight is 285 g/mol. The molecule has 1 fully saturated rings. The number of H-pyrrole nitrogens is 1. The van der Waals surface area contributed by atoms with Crippen LogP contribution in [0, 0.1) is 5.92 Å². The van der Waals surface area contributed by atoms with Gasteiger partial charge in [-0.25, -0.2) is 0 Å². The first-order valence-corrected chi connectivity index (χ1v) is 6.76. The number of anilines is 1. The van der Waals surface area contributed by atoms with E-state index in [1.807, 2.05) is 24.3 Å². The fraction of sp³-hybridized carbons (Fsp3) is 0.286. The second kappa shape index (κ2) is 5.74. The smallest absolute Gasteiger partial charge is 0.273 e. The average Bonchev–Trinajstić information content (AvgIpc) is 3.20. The molecular weight excluding hydrogens is 270 g/mol. The van der Waals surface area contributed by atoms with E-state index in [1.54, 1.807) is 0 Å². The standard InChI is InChI=1S/C14H15N5O2/c20-13(10-4-5-10)17-11-3-1-2-9(6-11)7-15-14(21)12-8-16-19-18-12/h1-3,6,8,10H,4-5,7H2,(H,15,21)(H,17,20)(H,16,18,19). The lowest BCUT2D eigenvalue weighted by Gasteiger charge is -2.07. The monoisotopic (exact) mass is 285 g/mol. The van der Waals surface area contributed by atoms with Crippen molar-refractivity contribution in [1.29, 1.82) is 0 Å². The van der Waals surface area contributed by atoms with Crippen molar-refractivity contribution < 1.29 is 9.59 Å². The molecule has 0 unspecified atom stereocenters. The van der Waals surface area contributed by atoms with Crippen LogP contribution in [0.25, 0.3) is 0 Å². The molecule has 0 atom stereocenters. The van der Waals surface area contributed by atoms with Crippen LogP contribution in [0.5, 0.6) is 0 Å². The summed E-state index contributed by atoms with van der Waals surface area (Å²) in [6.07, 6.45) is 3.31. The first kappa shape index (κ1) is 13.3. The van der Waals surface area contributed by atoms with Gasteiger partial charge in [0.05, 0.1) is 6.20 Å². The Morgan fingerprint density at radius 1 is 1.33 bits per heavy atom. The van der Waals surface area contributed by atoms with Crippen molar-refractivity contribution in [3.05, 3.63) is 41.7 Å². The van der Waals surface area contributed by atoms with Crippen LogP contribution < -0.4 is 10.6 Å². The summed E-state index contributed by atoms with van der Waals surface area (Å²) in [5.74, 6) is -0.0597. The van der Waals surface area contributed by atoms with E-state index < -0.39 is 0 Å². The van der Waals surface area contributed by atoms with Crippen molar-refractivity contribution in [2.24, 2.45) is 5.92 Å². The lowest BCUT2D eigenvalue weighted by Crippen LogP contribution is -2.23. The van der Waals surface area contributed by atoms with Gasteiger partial charge in [0, 0.05) is 18.2 Å². The molecule has 21 heavy (non-hydrogen) atoms. The van der Waals surface area contributed by atoms with Gasteiger partial charge in [0.2, 0.25) is 5.91 Å². The van der Waals surface area contributed by atoms with Gasteiger partial charge in [-0.05, 0) is 30.5 Å². The Balaban J connectivity index is 1.58. The van der Waals surface area contributed by atoms with Crippen LogP contribution in [0.1, 0.15) is 28.9 Å². The normalized spacial score (nSPS) is 13.7. The molecule has 1 aliphatic carbocycles. The van der Waals surface area contributed by atoms with E-state index in [-0.39, 0.29) is 23.4 Å². The highest BCUT2D eigenvalue weighted by atomic mass is 16.2. The van der Waals surface area contributed by atoms with Gasteiger partial charge in [0.15, 0.2) is 5.69 Å². The van der Waals surface area contributed by atoms with Gasteiger partial charge < -0.3 is 10.6 Å². The second-order valence-electron chi connectivity index (χ2n) is 5.00. The van der Waals surface area contributed by atoms with E-state index in [0.717, 1.165) is 24.1 Å². The molecule has 2 amide bonds. The maximum atomic E-state index is 11.7. The first-order chi connectivity index (χ1) is 10.2. The van der Waals surface area contributed by atoms with Crippen LogP contribution in [-0.4, -0.2) is 27.2 Å². The number of nitrogens with one attached hydrogen (secondary N) is 3. The molecule has 1 aromatic carbocycles.